The van der Waals surface area contributed by atoms with Gasteiger partial charge in [0.05, 0.1) is 6.54 Å². The second-order valence-corrected chi connectivity index (χ2v) is 6.40. The minimum atomic E-state index is -1.35. The van der Waals surface area contributed by atoms with E-state index in [0.29, 0.717) is 5.56 Å². The third-order valence-corrected chi connectivity index (χ3v) is 4.38. The lowest BCUT2D eigenvalue weighted by Gasteiger charge is -2.22. The summed E-state index contributed by atoms with van der Waals surface area (Å²) in [6.45, 7) is 1.19. The first-order valence-electron chi connectivity index (χ1n) is 8.61. The zero-order chi connectivity index (χ0) is 20.1. The maximum atomic E-state index is 13.1. The van der Waals surface area contributed by atoms with Crippen molar-refractivity contribution in [2.75, 3.05) is 13.1 Å². The zero-order valence-electron chi connectivity index (χ0n) is 15.2. The fraction of sp³-hybridized carbons (Fsp3) is 0.190. The number of nitrogens with zero attached hydrogens (tertiary/aromatic N) is 1. The lowest BCUT2D eigenvalue weighted by atomic mass is 9.92. The number of carbonyl (C=O) groups is 3. The van der Waals surface area contributed by atoms with Crippen LogP contribution in [0.4, 0.5) is 9.18 Å². The van der Waals surface area contributed by atoms with Gasteiger partial charge in [-0.15, -0.1) is 0 Å². The summed E-state index contributed by atoms with van der Waals surface area (Å²) in [7, 11) is 0. The lowest BCUT2D eigenvalue weighted by molar-refractivity contribution is -0.134. The molecule has 1 aliphatic heterocycles. The summed E-state index contributed by atoms with van der Waals surface area (Å²) in [5.41, 5.74) is -0.0946. The third kappa shape index (κ3) is 4.01. The molecule has 3 rings (SSSR count). The molecule has 0 saturated carbocycles. The van der Waals surface area contributed by atoms with Crippen LogP contribution in [0.3, 0.4) is 0 Å². The van der Waals surface area contributed by atoms with Crippen molar-refractivity contribution in [3.8, 4) is 11.8 Å². The van der Waals surface area contributed by atoms with Gasteiger partial charge in [-0.3, -0.25) is 14.5 Å². The van der Waals surface area contributed by atoms with Crippen molar-refractivity contribution in [3.05, 3.63) is 71.5 Å². The van der Waals surface area contributed by atoms with E-state index >= 15 is 0 Å². The Labute approximate surface area is 161 Å². The highest BCUT2D eigenvalue weighted by molar-refractivity contribution is 6.09. The van der Waals surface area contributed by atoms with Crippen LogP contribution in [-0.4, -0.2) is 35.8 Å². The van der Waals surface area contributed by atoms with E-state index in [0.717, 1.165) is 10.5 Å². The van der Waals surface area contributed by atoms with E-state index in [2.05, 4.69) is 22.5 Å². The number of rotatable bonds is 4. The van der Waals surface area contributed by atoms with Gasteiger partial charge in [-0.1, -0.05) is 42.2 Å². The van der Waals surface area contributed by atoms with E-state index in [1.54, 1.807) is 0 Å². The van der Waals surface area contributed by atoms with Crippen LogP contribution in [0.1, 0.15) is 18.1 Å². The number of nitrogens with one attached hydrogen (secondary N) is 2. The topological polar surface area (TPSA) is 78.5 Å². The first-order valence-corrected chi connectivity index (χ1v) is 8.61. The molecule has 4 amide bonds. The van der Waals surface area contributed by atoms with Crippen molar-refractivity contribution >= 4 is 17.8 Å². The minimum absolute atomic E-state index is 0.0899. The zero-order valence-corrected chi connectivity index (χ0v) is 15.2. The summed E-state index contributed by atoms with van der Waals surface area (Å²) < 4.78 is 13.1. The molecule has 7 heteroatoms. The van der Waals surface area contributed by atoms with Crippen LogP contribution < -0.4 is 10.6 Å². The van der Waals surface area contributed by atoms with Gasteiger partial charge in [-0.25, -0.2) is 9.18 Å². The van der Waals surface area contributed by atoms with Crippen molar-refractivity contribution in [1.82, 2.24) is 15.5 Å². The second-order valence-electron chi connectivity index (χ2n) is 6.40. The molecule has 1 unspecified atom stereocenters. The molecule has 0 radical (unpaired) electrons. The van der Waals surface area contributed by atoms with Crippen molar-refractivity contribution in [2.45, 2.75) is 12.5 Å². The fourth-order valence-corrected chi connectivity index (χ4v) is 2.83. The van der Waals surface area contributed by atoms with Gasteiger partial charge in [0.15, 0.2) is 0 Å². The number of benzene rings is 2. The lowest BCUT2D eigenvalue weighted by Crippen LogP contribution is -2.43. The van der Waals surface area contributed by atoms with Crippen LogP contribution in [-0.2, 0) is 15.1 Å². The highest BCUT2D eigenvalue weighted by Crippen LogP contribution is 2.28. The van der Waals surface area contributed by atoms with Gasteiger partial charge in [0.25, 0.3) is 5.91 Å². The molecular weight excluding hydrogens is 361 g/mol. The molecule has 2 aromatic rings. The number of imide groups is 1. The van der Waals surface area contributed by atoms with Gasteiger partial charge in [0.2, 0.25) is 5.91 Å². The fourth-order valence-electron chi connectivity index (χ4n) is 2.83. The molecule has 1 heterocycles. The van der Waals surface area contributed by atoms with Crippen molar-refractivity contribution < 1.29 is 18.8 Å². The van der Waals surface area contributed by atoms with Gasteiger partial charge in [-0.05, 0) is 36.8 Å². The predicted molar refractivity (Wildman–Crippen MR) is 100 cm³/mol. The first kappa shape index (κ1) is 19.1. The molecule has 142 valence electrons. The largest absolute Gasteiger partial charge is 0.344 e. The number of hydrogen-bond acceptors (Lipinski definition) is 3. The summed E-state index contributed by atoms with van der Waals surface area (Å²) >= 11 is 0. The molecular formula is C21H18FN3O3. The van der Waals surface area contributed by atoms with E-state index < -0.39 is 35.7 Å². The number of carbonyl (C=O) groups excluding carboxylic acids is 3. The predicted octanol–water partition coefficient (Wildman–Crippen LogP) is 1.76. The maximum absolute atomic E-state index is 13.1. The van der Waals surface area contributed by atoms with Crippen LogP contribution in [0, 0.1) is 17.7 Å². The van der Waals surface area contributed by atoms with E-state index in [1.807, 2.05) is 30.3 Å². The summed E-state index contributed by atoms with van der Waals surface area (Å²) in [5, 5.41) is 5.13. The Bertz CT molecular complexity index is 964. The van der Waals surface area contributed by atoms with Gasteiger partial charge >= 0.3 is 6.03 Å². The normalized spacial score (nSPS) is 18.3. The summed E-state index contributed by atoms with van der Waals surface area (Å²) in [5.74, 6) is 4.17. The Morgan fingerprint density at radius 1 is 1.14 bits per heavy atom. The third-order valence-electron chi connectivity index (χ3n) is 4.38. The summed E-state index contributed by atoms with van der Waals surface area (Å²) in [6.07, 6.45) is 0. The van der Waals surface area contributed by atoms with E-state index in [4.69, 9.17) is 0 Å². The average molecular weight is 379 g/mol. The highest BCUT2D eigenvalue weighted by Gasteiger charge is 2.49. The molecule has 2 aromatic carbocycles. The number of halogens is 1. The van der Waals surface area contributed by atoms with Gasteiger partial charge < -0.3 is 10.6 Å². The molecule has 1 atom stereocenters. The SMILES string of the molecule is CC1(c2ccc(F)cc2)NC(=O)N(CC(=O)NCC#Cc2ccccc2)C1=O. The van der Waals surface area contributed by atoms with Crippen LogP contribution in [0.15, 0.2) is 54.6 Å². The van der Waals surface area contributed by atoms with Crippen molar-refractivity contribution in [2.24, 2.45) is 0 Å². The maximum Gasteiger partial charge on any atom is 0.325 e. The Hall–Kier alpha value is -3.66. The van der Waals surface area contributed by atoms with Gasteiger partial charge in [-0.2, -0.15) is 0 Å². The highest BCUT2D eigenvalue weighted by atomic mass is 19.1. The molecule has 6 nitrogen and oxygen atoms in total. The van der Waals surface area contributed by atoms with E-state index in [-0.39, 0.29) is 6.54 Å². The summed E-state index contributed by atoms with van der Waals surface area (Å²) in [6, 6.07) is 13.9. The molecule has 1 aliphatic rings. The molecule has 28 heavy (non-hydrogen) atoms. The number of amides is 4. The minimum Gasteiger partial charge on any atom is -0.344 e. The van der Waals surface area contributed by atoms with Crippen LogP contribution >= 0.6 is 0 Å². The molecule has 0 aromatic heterocycles. The van der Waals surface area contributed by atoms with E-state index in [1.165, 1.54) is 31.2 Å². The van der Waals surface area contributed by atoms with Crippen molar-refractivity contribution in [3.63, 3.8) is 0 Å². The quantitative estimate of drug-likeness (QED) is 0.628. The number of hydrogen-bond donors (Lipinski definition) is 2. The second kappa shape index (κ2) is 7.92. The van der Waals surface area contributed by atoms with Crippen LogP contribution in [0.5, 0.6) is 0 Å². The Morgan fingerprint density at radius 3 is 2.50 bits per heavy atom. The van der Waals surface area contributed by atoms with Crippen LogP contribution in [0.25, 0.3) is 0 Å². The van der Waals surface area contributed by atoms with Gasteiger partial charge in [0, 0.05) is 5.56 Å². The smallest absolute Gasteiger partial charge is 0.325 e. The molecule has 1 fully saturated rings. The molecule has 0 bridgehead atoms. The van der Waals surface area contributed by atoms with Gasteiger partial charge in [0.1, 0.15) is 17.9 Å². The van der Waals surface area contributed by atoms with Crippen molar-refractivity contribution in [1.29, 1.82) is 0 Å². The molecule has 2 N–H and O–H groups in total. The Kier molecular flexibility index (Phi) is 5.41. The molecule has 0 aliphatic carbocycles. The molecule has 0 spiro atoms. The number of urea groups is 1. The Balaban J connectivity index is 1.60. The first-order chi connectivity index (χ1) is 13.4. The van der Waals surface area contributed by atoms with Crippen LogP contribution in [0.2, 0.25) is 0 Å². The van der Waals surface area contributed by atoms with E-state index in [9.17, 15) is 18.8 Å². The standard InChI is InChI=1S/C21H18FN3O3/c1-21(16-9-11-17(22)12-10-16)19(27)25(20(28)24-21)14-18(26)23-13-5-8-15-6-3-2-4-7-15/h2-4,6-7,9-12H,13-14H2,1H3,(H,23,26)(H,24,28). The molecule has 1 saturated heterocycles. The monoisotopic (exact) mass is 379 g/mol. The average Bonchev–Trinajstić information content (AvgIpc) is 2.90. The Morgan fingerprint density at radius 2 is 1.82 bits per heavy atom. The summed E-state index contributed by atoms with van der Waals surface area (Å²) in [4.78, 5) is 37.8.